The molecule has 0 atom stereocenters. The van der Waals surface area contributed by atoms with Gasteiger partial charge < -0.3 is 9.42 Å². The number of para-hydroxylation sites is 1. The SMILES string of the molecule is Cc1noc(CS(=O)(=O)CC(=O)N2CCc3ccccc32)n1. The first kappa shape index (κ1) is 14.7. The Bertz CT molecular complexity index is 813. The summed E-state index contributed by atoms with van der Waals surface area (Å²) in [7, 11) is -3.65. The molecule has 2 aromatic rings. The smallest absolute Gasteiger partial charge is 0.242 e. The van der Waals surface area contributed by atoms with E-state index in [1.54, 1.807) is 6.92 Å². The Morgan fingerprint density at radius 2 is 2.14 bits per heavy atom. The third-order valence-electron chi connectivity index (χ3n) is 3.44. The van der Waals surface area contributed by atoms with E-state index in [1.165, 1.54) is 4.90 Å². The second-order valence-corrected chi connectivity index (χ2v) is 7.26. The van der Waals surface area contributed by atoms with Gasteiger partial charge >= 0.3 is 0 Å². The summed E-state index contributed by atoms with van der Waals surface area (Å²) in [6.07, 6.45) is 0.741. The van der Waals surface area contributed by atoms with Crippen molar-refractivity contribution in [2.75, 3.05) is 17.2 Å². The number of hydrogen-bond donors (Lipinski definition) is 0. The fraction of sp³-hybridized carbons (Fsp3) is 0.357. The van der Waals surface area contributed by atoms with Crippen molar-refractivity contribution in [2.45, 2.75) is 19.1 Å². The van der Waals surface area contributed by atoms with Gasteiger partial charge in [-0.1, -0.05) is 23.4 Å². The number of rotatable bonds is 4. The molecule has 1 aromatic heterocycles. The van der Waals surface area contributed by atoms with E-state index in [-0.39, 0.29) is 5.89 Å². The van der Waals surface area contributed by atoms with Crippen LogP contribution in [0.1, 0.15) is 17.3 Å². The van der Waals surface area contributed by atoms with E-state index in [0.717, 1.165) is 17.7 Å². The third kappa shape index (κ3) is 3.01. The van der Waals surface area contributed by atoms with Crippen LogP contribution < -0.4 is 4.90 Å². The highest BCUT2D eigenvalue weighted by Gasteiger charge is 2.28. The zero-order valence-corrected chi connectivity index (χ0v) is 12.8. The summed E-state index contributed by atoms with van der Waals surface area (Å²) in [5.41, 5.74) is 1.84. The predicted octanol–water partition coefficient (Wildman–Crippen LogP) is 0.882. The number of carbonyl (C=O) groups excluding carboxylic acids is 1. The molecule has 116 valence electrons. The van der Waals surface area contributed by atoms with Gasteiger partial charge in [0.25, 0.3) is 0 Å². The number of benzene rings is 1. The second-order valence-electron chi connectivity index (χ2n) is 5.19. The topological polar surface area (TPSA) is 93.4 Å². The largest absolute Gasteiger partial charge is 0.338 e. The lowest BCUT2D eigenvalue weighted by atomic mass is 10.2. The minimum Gasteiger partial charge on any atom is -0.338 e. The zero-order chi connectivity index (χ0) is 15.7. The van der Waals surface area contributed by atoms with Crippen LogP contribution in [-0.4, -0.2) is 36.8 Å². The first-order valence-electron chi connectivity index (χ1n) is 6.82. The molecule has 0 fully saturated rings. The number of sulfone groups is 1. The molecule has 0 N–H and O–H groups in total. The molecule has 3 rings (SSSR count). The van der Waals surface area contributed by atoms with Crippen molar-refractivity contribution in [3.63, 3.8) is 0 Å². The Hall–Kier alpha value is -2.22. The summed E-state index contributed by atoms with van der Waals surface area (Å²) in [4.78, 5) is 17.7. The number of aryl methyl sites for hydroxylation is 1. The van der Waals surface area contributed by atoms with E-state index in [2.05, 4.69) is 10.1 Å². The molecule has 0 spiro atoms. The van der Waals surface area contributed by atoms with Crippen LogP contribution in [0.25, 0.3) is 0 Å². The standard InChI is InChI=1S/C14H15N3O4S/c1-10-15-13(21-16-10)8-22(19,20)9-14(18)17-7-6-11-4-2-3-5-12(11)17/h2-5H,6-9H2,1H3. The van der Waals surface area contributed by atoms with E-state index in [0.29, 0.717) is 12.4 Å². The average Bonchev–Trinajstić information content (AvgIpc) is 3.03. The highest BCUT2D eigenvalue weighted by Crippen LogP contribution is 2.27. The number of nitrogens with zero attached hydrogens (tertiary/aromatic N) is 3. The van der Waals surface area contributed by atoms with Crippen LogP contribution in [-0.2, 0) is 26.8 Å². The first-order chi connectivity index (χ1) is 10.4. The molecule has 0 saturated heterocycles. The molecule has 1 aromatic carbocycles. The van der Waals surface area contributed by atoms with E-state index in [1.807, 2.05) is 24.3 Å². The Morgan fingerprint density at radius 3 is 2.86 bits per heavy atom. The van der Waals surface area contributed by atoms with Crippen molar-refractivity contribution in [1.82, 2.24) is 10.1 Å². The Kier molecular flexibility index (Phi) is 3.69. The Morgan fingerprint density at radius 1 is 1.36 bits per heavy atom. The quantitative estimate of drug-likeness (QED) is 0.830. The van der Waals surface area contributed by atoms with Crippen LogP contribution in [0.3, 0.4) is 0 Å². The van der Waals surface area contributed by atoms with Gasteiger partial charge in [-0.2, -0.15) is 4.98 Å². The average molecular weight is 321 g/mol. The van der Waals surface area contributed by atoms with Crippen LogP contribution in [0.15, 0.2) is 28.8 Å². The summed E-state index contributed by atoms with van der Waals surface area (Å²) in [5.74, 6) is -1.05. The van der Waals surface area contributed by atoms with Gasteiger partial charge in [0, 0.05) is 12.2 Å². The summed E-state index contributed by atoms with van der Waals surface area (Å²) in [6.45, 7) is 2.11. The first-order valence-corrected chi connectivity index (χ1v) is 8.65. The summed E-state index contributed by atoms with van der Waals surface area (Å²) >= 11 is 0. The van der Waals surface area contributed by atoms with E-state index < -0.39 is 27.3 Å². The van der Waals surface area contributed by atoms with Gasteiger partial charge in [0.1, 0.15) is 11.5 Å². The second kappa shape index (κ2) is 5.53. The maximum absolute atomic E-state index is 12.3. The van der Waals surface area contributed by atoms with Crippen LogP contribution in [0.2, 0.25) is 0 Å². The van der Waals surface area contributed by atoms with Gasteiger partial charge in [0.15, 0.2) is 15.7 Å². The van der Waals surface area contributed by atoms with Gasteiger partial charge in [0.2, 0.25) is 11.8 Å². The van der Waals surface area contributed by atoms with E-state index >= 15 is 0 Å². The molecule has 0 unspecified atom stereocenters. The Labute approximate surface area is 127 Å². The van der Waals surface area contributed by atoms with Gasteiger partial charge in [-0.05, 0) is 25.0 Å². The number of amides is 1. The lowest BCUT2D eigenvalue weighted by molar-refractivity contribution is -0.116. The van der Waals surface area contributed by atoms with Crippen molar-refractivity contribution in [1.29, 1.82) is 0 Å². The third-order valence-corrected chi connectivity index (χ3v) is 4.82. The minimum atomic E-state index is -3.65. The number of hydrogen-bond acceptors (Lipinski definition) is 6. The molecule has 0 bridgehead atoms. The molecule has 7 nitrogen and oxygen atoms in total. The predicted molar refractivity (Wildman–Crippen MR) is 79.0 cm³/mol. The molecule has 8 heteroatoms. The summed E-state index contributed by atoms with van der Waals surface area (Å²) in [5, 5.41) is 3.54. The maximum atomic E-state index is 12.3. The number of aromatic nitrogens is 2. The number of carbonyl (C=O) groups is 1. The zero-order valence-electron chi connectivity index (χ0n) is 12.0. The molecule has 0 saturated carbocycles. The van der Waals surface area contributed by atoms with E-state index in [4.69, 9.17) is 4.52 Å². The molecule has 2 heterocycles. The monoisotopic (exact) mass is 321 g/mol. The molecular weight excluding hydrogens is 306 g/mol. The number of anilines is 1. The normalized spacial score (nSPS) is 14.1. The lowest BCUT2D eigenvalue weighted by Gasteiger charge is -2.16. The van der Waals surface area contributed by atoms with Gasteiger partial charge in [-0.15, -0.1) is 0 Å². The summed E-state index contributed by atoms with van der Waals surface area (Å²) < 4.78 is 29.0. The van der Waals surface area contributed by atoms with Crippen LogP contribution in [0.5, 0.6) is 0 Å². The van der Waals surface area contributed by atoms with E-state index in [9.17, 15) is 13.2 Å². The van der Waals surface area contributed by atoms with Crippen molar-refractivity contribution < 1.29 is 17.7 Å². The molecule has 1 aliphatic heterocycles. The maximum Gasteiger partial charge on any atom is 0.242 e. The summed E-state index contributed by atoms with van der Waals surface area (Å²) in [6, 6.07) is 7.51. The van der Waals surface area contributed by atoms with Crippen molar-refractivity contribution in [3.05, 3.63) is 41.5 Å². The van der Waals surface area contributed by atoms with Gasteiger partial charge in [-0.25, -0.2) is 8.42 Å². The fourth-order valence-electron chi connectivity index (χ4n) is 2.50. The fourth-order valence-corrected chi connectivity index (χ4v) is 3.63. The minimum absolute atomic E-state index is 0.00659. The van der Waals surface area contributed by atoms with Crippen LogP contribution in [0.4, 0.5) is 5.69 Å². The molecule has 0 radical (unpaired) electrons. The van der Waals surface area contributed by atoms with Crippen LogP contribution >= 0.6 is 0 Å². The molecule has 22 heavy (non-hydrogen) atoms. The molecule has 0 aliphatic carbocycles. The van der Waals surface area contributed by atoms with Gasteiger partial charge in [0.05, 0.1) is 0 Å². The van der Waals surface area contributed by atoms with Crippen LogP contribution in [0, 0.1) is 6.92 Å². The molecule has 1 aliphatic rings. The van der Waals surface area contributed by atoms with Gasteiger partial charge in [-0.3, -0.25) is 4.79 Å². The van der Waals surface area contributed by atoms with Crippen molar-refractivity contribution in [2.24, 2.45) is 0 Å². The van der Waals surface area contributed by atoms with Crippen molar-refractivity contribution in [3.8, 4) is 0 Å². The Balaban J connectivity index is 1.72. The van der Waals surface area contributed by atoms with Crippen molar-refractivity contribution >= 4 is 21.4 Å². The highest BCUT2D eigenvalue weighted by molar-refractivity contribution is 7.91. The highest BCUT2D eigenvalue weighted by atomic mass is 32.2. The molecule has 1 amide bonds. The number of fused-ring (bicyclic) bond motifs is 1. The molecular formula is C14H15N3O4S. The lowest BCUT2D eigenvalue weighted by Crippen LogP contribution is -2.34.